The van der Waals surface area contributed by atoms with Crippen molar-refractivity contribution in [2.45, 2.75) is 31.7 Å². The third kappa shape index (κ3) is 5.21. The van der Waals surface area contributed by atoms with Gasteiger partial charge in [0.05, 0.1) is 24.7 Å². The molecule has 1 aliphatic heterocycles. The van der Waals surface area contributed by atoms with E-state index in [0.29, 0.717) is 24.7 Å². The maximum absolute atomic E-state index is 13.2. The predicted octanol–water partition coefficient (Wildman–Crippen LogP) is 1.61. The molecular weight excluding hydrogens is 398 g/mol. The Kier molecular flexibility index (Phi) is 7.18. The third-order valence-electron chi connectivity index (χ3n) is 5.79. The van der Waals surface area contributed by atoms with Crippen molar-refractivity contribution in [2.75, 3.05) is 51.8 Å². The molecule has 0 radical (unpaired) electrons. The van der Waals surface area contributed by atoms with Crippen LogP contribution in [-0.2, 0) is 14.8 Å². The number of ether oxygens (including phenoxy) is 1. The molecule has 0 aliphatic carbocycles. The van der Waals surface area contributed by atoms with Crippen molar-refractivity contribution >= 4 is 15.7 Å². The maximum atomic E-state index is 13.2. The van der Waals surface area contributed by atoms with Gasteiger partial charge in [-0.3, -0.25) is 0 Å². The number of morpholine rings is 1. The molecule has 1 heterocycles. The smallest absolute Gasteiger partial charge is 0.241 e. The summed E-state index contributed by atoms with van der Waals surface area (Å²) in [6.45, 7) is 9.19. The highest BCUT2D eigenvalue weighted by molar-refractivity contribution is 7.89. The second-order valence-corrected chi connectivity index (χ2v) is 10.1. The van der Waals surface area contributed by atoms with Gasteiger partial charge in [0.2, 0.25) is 10.0 Å². The Morgan fingerprint density at radius 3 is 2.13 bits per heavy atom. The number of aryl methyl sites for hydroxylation is 3. The van der Waals surface area contributed by atoms with E-state index in [4.69, 9.17) is 4.74 Å². The van der Waals surface area contributed by atoms with Gasteiger partial charge in [0, 0.05) is 25.3 Å². The molecule has 2 N–H and O–H groups in total. The van der Waals surface area contributed by atoms with E-state index in [0.717, 1.165) is 41.0 Å². The lowest BCUT2D eigenvalue weighted by molar-refractivity contribution is -0.937. The first-order valence-electron chi connectivity index (χ1n) is 10.5. The van der Waals surface area contributed by atoms with Gasteiger partial charge in [0.1, 0.15) is 19.1 Å². The average molecular weight is 433 g/mol. The highest BCUT2D eigenvalue weighted by Crippen LogP contribution is 2.22. The van der Waals surface area contributed by atoms with Gasteiger partial charge in [0.25, 0.3) is 0 Å². The van der Waals surface area contributed by atoms with Gasteiger partial charge < -0.3 is 14.5 Å². The Morgan fingerprint density at radius 2 is 1.60 bits per heavy atom. The fraction of sp³-hybridized carbons (Fsp3) is 0.478. The van der Waals surface area contributed by atoms with Crippen molar-refractivity contribution in [3.8, 4) is 0 Å². The lowest BCUT2D eigenvalue weighted by atomic mass is 10.0. The van der Waals surface area contributed by atoms with Gasteiger partial charge in [-0.2, -0.15) is 0 Å². The summed E-state index contributed by atoms with van der Waals surface area (Å²) in [5.41, 5.74) is 4.90. The normalized spacial score (nSPS) is 16.4. The number of hydrogen-bond acceptors (Lipinski definition) is 4. The summed E-state index contributed by atoms with van der Waals surface area (Å²) in [5, 5.41) is 0. The van der Waals surface area contributed by atoms with Crippen LogP contribution in [0.1, 0.15) is 28.3 Å². The first-order valence-corrected chi connectivity index (χ1v) is 11.9. The van der Waals surface area contributed by atoms with Crippen LogP contribution < -0.4 is 14.5 Å². The van der Waals surface area contributed by atoms with E-state index < -0.39 is 10.0 Å². The zero-order valence-corrected chi connectivity index (χ0v) is 19.5. The van der Waals surface area contributed by atoms with Crippen LogP contribution in [0.4, 0.5) is 5.69 Å². The molecule has 164 valence electrons. The van der Waals surface area contributed by atoms with Crippen LogP contribution in [0.2, 0.25) is 0 Å². The van der Waals surface area contributed by atoms with Gasteiger partial charge in [-0.1, -0.05) is 29.8 Å². The number of rotatable bonds is 7. The molecule has 2 aromatic rings. The van der Waals surface area contributed by atoms with Crippen LogP contribution >= 0.6 is 0 Å². The fourth-order valence-corrected chi connectivity index (χ4v) is 5.84. The molecule has 2 aromatic carbocycles. The molecule has 1 fully saturated rings. The number of nitrogens with one attached hydrogen (secondary N) is 2. The molecule has 0 aromatic heterocycles. The largest absolute Gasteiger partial charge is 0.378 e. The number of quaternary nitrogens is 1. The van der Waals surface area contributed by atoms with Crippen molar-refractivity contribution in [3.05, 3.63) is 58.7 Å². The average Bonchev–Trinajstić information content (AvgIpc) is 2.68. The lowest BCUT2D eigenvalue weighted by Crippen LogP contribution is -3.15. The zero-order chi connectivity index (χ0) is 21.9. The molecule has 0 spiro atoms. The molecule has 0 unspecified atom stereocenters. The SMILES string of the molecule is Cc1cc(C)c(S(=O)(=O)NC[C@@H](c2ccc(N(C)C)cc2)[NH+]2CCOCC2)c(C)c1. The Balaban J connectivity index is 1.86. The molecular formula is C23H34N3O3S+. The Morgan fingerprint density at radius 1 is 1.03 bits per heavy atom. The number of hydrogen-bond donors (Lipinski definition) is 2. The molecule has 7 heteroatoms. The molecule has 0 amide bonds. The van der Waals surface area contributed by atoms with Gasteiger partial charge in [-0.05, 0) is 44.0 Å². The van der Waals surface area contributed by atoms with Crippen LogP contribution in [-0.4, -0.2) is 55.4 Å². The summed E-state index contributed by atoms with van der Waals surface area (Å²) in [6, 6.07) is 12.3. The molecule has 3 rings (SSSR count). The number of sulfonamides is 1. The molecule has 1 atom stereocenters. The molecule has 30 heavy (non-hydrogen) atoms. The Bertz CT molecular complexity index is 943. The summed E-state index contributed by atoms with van der Waals surface area (Å²) < 4.78 is 34.8. The van der Waals surface area contributed by atoms with E-state index in [1.54, 1.807) is 0 Å². The quantitative estimate of drug-likeness (QED) is 0.698. The second kappa shape index (κ2) is 9.47. The fourth-order valence-electron chi connectivity index (χ4n) is 4.34. The van der Waals surface area contributed by atoms with Crippen molar-refractivity contribution in [1.29, 1.82) is 0 Å². The first-order chi connectivity index (χ1) is 14.2. The van der Waals surface area contributed by atoms with Crippen LogP contribution in [0, 0.1) is 20.8 Å². The van der Waals surface area contributed by atoms with Crippen LogP contribution in [0.3, 0.4) is 0 Å². The Labute approximate surface area is 180 Å². The van der Waals surface area contributed by atoms with E-state index in [2.05, 4.69) is 33.9 Å². The van der Waals surface area contributed by atoms with E-state index in [1.165, 1.54) is 4.90 Å². The summed E-state index contributed by atoms with van der Waals surface area (Å²) in [5.74, 6) is 0. The third-order valence-corrected chi connectivity index (χ3v) is 7.52. The topological polar surface area (TPSA) is 63.1 Å². The van der Waals surface area contributed by atoms with Crippen LogP contribution in [0.15, 0.2) is 41.3 Å². The minimum absolute atomic E-state index is 0.0333. The molecule has 0 saturated carbocycles. The van der Waals surface area contributed by atoms with Gasteiger partial charge >= 0.3 is 0 Å². The summed E-state index contributed by atoms with van der Waals surface area (Å²) in [7, 11) is 0.423. The van der Waals surface area contributed by atoms with Crippen LogP contribution in [0.5, 0.6) is 0 Å². The minimum atomic E-state index is -3.60. The van der Waals surface area contributed by atoms with Crippen molar-refractivity contribution in [2.24, 2.45) is 0 Å². The summed E-state index contributed by atoms with van der Waals surface area (Å²) >= 11 is 0. The van der Waals surface area contributed by atoms with Gasteiger partial charge in [0.15, 0.2) is 0 Å². The number of nitrogens with zero attached hydrogens (tertiary/aromatic N) is 1. The highest BCUT2D eigenvalue weighted by atomic mass is 32.2. The summed E-state index contributed by atoms with van der Waals surface area (Å²) in [6.07, 6.45) is 0. The van der Waals surface area contributed by atoms with Crippen molar-refractivity contribution < 1.29 is 18.1 Å². The van der Waals surface area contributed by atoms with E-state index in [-0.39, 0.29) is 6.04 Å². The highest BCUT2D eigenvalue weighted by Gasteiger charge is 2.29. The maximum Gasteiger partial charge on any atom is 0.241 e. The zero-order valence-electron chi connectivity index (χ0n) is 18.7. The molecule has 1 aliphatic rings. The lowest BCUT2D eigenvalue weighted by Gasteiger charge is -2.32. The van der Waals surface area contributed by atoms with Gasteiger partial charge in [-0.15, -0.1) is 0 Å². The van der Waals surface area contributed by atoms with E-state index in [1.807, 2.05) is 47.0 Å². The number of benzene rings is 2. The minimum Gasteiger partial charge on any atom is -0.378 e. The predicted molar refractivity (Wildman–Crippen MR) is 121 cm³/mol. The first kappa shape index (κ1) is 22.7. The Hall–Kier alpha value is -1.93. The van der Waals surface area contributed by atoms with E-state index in [9.17, 15) is 8.42 Å². The molecule has 6 nitrogen and oxygen atoms in total. The monoisotopic (exact) mass is 432 g/mol. The van der Waals surface area contributed by atoms with Gasteiger partial charge in [-0.25, -0.2) is 13.1 Å². The van der Waals surface area contributed by atoms with Crippen molar-refractivity contribution in [3.63, 3.8) is 0 Å². The number of anilines is 1. The molecule has 0 bridgehead atoms. The van der Waals surface area contributed by atoms with Crippen molar-refractivity contribution in [1.82, 2.24) is 4.72 Å². The second-order valence-electron chi connectivity index (χ2n) is 8.39. The van der Waals surface area contributed by atoms with Crippen LogP contribution in [0.25, 0.3) is 0 Å². The standard InChI is InChI=1S/C23H33N3O3S/c1-17-14-18(2)23(19(3)15-17)30(27,28)24-16-22(26-10-12-29-13-11-26)20-6-8-21(9-7-20)25(4)5/h6-9,14-15,22,24H,10-13,16H2,1-5H3/p+1/t22-/m0/s1. The van der Waals surface area contributed by atoms with E-state index >= 15 is 0 Å². The molecule has 1 saturated heterocycles. The summed E-state index contributed by atoms with van der Waals surface area (Å²) in [4.78, 5) is 3.80.